The molecule has 2 rings (SSSR count). The molecule has 100 valence electrons. The van der Waals surface area contributed by atoms with E-state index >= 15 is 0 Å². The number of halogens is 3. The third-order valence-electron chi connectivity index (χ3n) is 2.50. The van der Waals surface area contributed by atoms with Gasteiger partial charge >= 0.3 is 0 Å². The molecule has 0 aliphatic rings. The Morgan fingerprint density at radius 1 is 1.11 bits per heavy atom. The highest BCUT2D eigenvalue weighted by Gasteiger charge is 2.06. The first-order valence-electron chi connectivity index (χ1n) is 5.66. The number of benzene rings is 2. The van der Waals surface area contributed by atoms with Crippen molar-refractivity contribution in [3.8, 4) is 11.5 Å². The molecule has 5 heteroatoms. The Bertz CT molecular complexity index is 590. The van der Waals surface area contributed by atoms with Crippen LogP contribution in [-0.4, -0.2) is 7.05 Å². The predicted octanol–water partition coefficient (Wildman–Crippen LogP) is 4.86. The monoisotopic (exact) mass is 387 g/mol. The van der Waals surface area contributed by atoms with Gasteiger partial charge in [0, 0.05) is 12.6 Å². The molecule has 0 atom stereocenters. The Labute approximate surface area is 128 Å². The second kappa shape index (κ2) is 6.50. The summed E-state index contributed by atoms with van der Waals surface area (Å²) in [5, 5.41) is 3.08. The molecule has 1 N–H and O–H groups in total. The summed E-state index contributed by atoms with van der Waals surface area (Å²) in [5.41, 5.74) is 1.14. The molecule has 19 heavy (non-hydrogen) atoms. The van der Waals surface area contributed by atoms with Gasteiger partial charge in [-0.15, -0.1) is 0 Å². The summed E-state index contributed by atoms with van der Waals surface area (Å²) in [7, 11) is 1.89. The van der Waals surface area contributed by atoms with Crippen LogP contribution in [0, 0.1) is 5.82 Å². The van der Waals surface area contributed by atoms with Crippen molar-refractivity contribution in [2.45, 2.75) is 6.54 Å². The SMILES string of the molecule is CNCc1ccc(Oc2ccc(Br)c(F)c2)c(Br)c1. The fourth-order valence-electron chi connectivity index (χ4n) is 1.61. The molecule has 2 nitrogen and oxygen atoms in total. The van der Waals surface area contributed by atoms with Crippen molar-refractivity contribution < 1.29 is 9.13 Å². The molecule has 0 saturated heterocycles. The van der Waals surface area contributed by atoms with Crippen LogP contribution in [0.25, 0.3) is 0 Å². The maximum atomic E-state index is 13.4. The van der Waals surface area contributed by atoms with Gasteiger partial charge in [-0.3, -0.25) is 0 Å². The standard InChI is InChI=1S/C14H12Br2FNO/c1-18-8-9-2-5-14(12(16)6-9)19-10-3-4-11(15)13(17)7-10/h2-7,18H,8H2,1H3. The highest BCUT2D eigenvalue weighted by molar-refractivity contribution is 9.10. The second-order valence-electron chi connectivity index (χ2n) is 3.97. The molecule has 2 aromatic carbocycles. The zero-order valence-electron chi connectivity index (χ0n) is 10.2. The zero-order valence-corrected chi connectivity index (χ0v) is 13.4. The molecule has 0 radical (unpaired) electrons. The first kappa shape index (κ1) is 14.5. The van der Waals surface area contributed by atoms with E-state index in [0.29, 0.717) is 16.0 Å². The lowest BCUT2D eigenvalue weighted by Gasteiger charge is -2.10. The summed E-state index contributed by atoms with van der Waals surface area (Å²) in [6, 6.07) is 10.5. The van der Waals surface area contributed by atoms with Crippen LogP contribution < -0.4 is 10.1 Å². The van der Waals surface area contributed by atoms with Crippen LogP contribution in [0.4, 0.5) is 4.39 Å². The molecule has 0 aliphatic carbocycles. The van der Waals surface area contributed by atoms with Gasteiger partial charge < -0.3 is 10.1 Å². The van der Waals surface area contributed by atoms with Gasteiger partial charge in [0.15, 0.2) is 0 Å². The van der Waals surface area contributed by atoms with Crippen molar-refractivity contribution in [2.24, 2.45) is 0 Å². The van der Waals surface area contributed by atoms with E-state index in [-0.39, 0.29) is 5.82 Å². The van der Waals surface area contributed by atoms with Crippen LogP contribution in [0.5, 0.6) is 11.5 Å². The van der Waals surface area contributed by atoms with Crippen LogP contribution in [0.2, 0.25) is 0 Å². The first-order valence-corrected chi connectivity index (χ1v) is 7.24. The molecule has 0 saturated carbocycles. The van der Waals surface area contributed by atoms with Crippen molar-refractivity contribution >= 4 is 31.9 Å². The maximum absolute atomic E-state index is 13.4. The lowest BCUT2D eigenvalue weighted by molar-refractivity contribution is 0.473. The predicted molar refractivity (Wildman–Crippen MR) is 81.1 cm³/mol. The van der Waals surface area contributed by atoms with E-state index in [1.54, 1.807) is 12.1 Å². The summed E-state index contributed by atoms with van der Waals surface area (Å²) >= 11 is 6.56. The summed E-state index contributed by atoms with van der Waals surface area (Å²) in [5.74, 6) is 0.768. The highest BCUT2D eigenvalue weighted by atomic mass is 79.9. The van der Waals surface area contributed by atoms with Crippen molar-refractivity contribution in [3.05, 3.63) is 56.7 Å². The zero-order chi connectivity index (χ0) is 13.8. The van der Waals surface area contributed by atoms with E-state index in [1.165, 1.54) is 6.07 Å². The van der Waals surface area contributed by atoms with E-state index < -0.39 is 0 Å². The second-order valence-corrected chi connectivity index (χ2v) is 5.68. The minimum atomic E-state index is -0.347. The van der Waals surface area contributed by atoms with Gasteiger partial charge in [0.2, 0.25) is 0 Å². The van der Waals surface area contributed by atoms with E-state index in [1.807, 2.05) is 25.2 Å². The van der Waals surface area contributed by atoms with E-state index in [4.69, 9.17) is 4.74 Å². The molecule has 2 aromatic rings. The lowest BCUT2D eigenvalue weighted by atomic mass is 10.2. The Balaban J connectivity index is 2.20. The average molecular weight is 389 g/mol. The summed E-state index contributed by atoms with van der Waals surface area (Å²) < 4.78 is 20.3. The van der Waals surface area contributed by atoms with Crippen molar-refractivity contribution in [1.82, 2.24) is 5.32 Å². The molecule has 0 aromatic heterocycles. The van der Waals surface area contributed by atoms with Crippen LogP contribution >= 0.6 is 31.9 Å². The fraction of sp³-hybridized carbons (Fsp3) is 0.143. The van der Waals surface area contributed by atoms with Gasteiger partial charge in [-0.05, 0) is 68.7 Å². The van der Waals surface area contributed by atoms with Crippen molar-refractivity contribution in [2.75, 3.05) is 7.05 Å². The molecule has 0 spiro atoms. The van der Waals surface area contributed by atoms with Crippen LogP contribution in [0.15, 0.2) is 45.3 Å². The average Bonchev–Trinajstić information content (AvgIpc) is 2.37. The molecule has 0 heterocycles. The van der Waals surface area contributed by atoms with Gasteiger partial charge in [0.1, 0.15) is 17.3 Å². The van der Waals surface area contributed by atoms with Gasteiger partial charge in [-0.25, -0.2) is 4.39 Å². The summed E-state index contributed by atoms with van der Waals surface area (Å²) in [4.78, 5) is 0. The molecule has 0 fully saturated rings. The summed E-state index contributed by atoms with van der Waals surface area (Å²) in [6.07, 6.45) is 0. The van der Waals surface area contributed by atoms with E-state index in [2.05, 4.69) is 37.2 Å². The molecule has 0 bridgehead atoms. The van der Waals surface area contributed by atoms with Gasteiger partial charge in [0.05, 0.1) is 8.95 Å². The Morgan fingerprint density at radius 2 is 1.89 bits per heavy atom. The van der Waals surface area contributed by atoms with Crippen molar-refractivity contribution in [1.29, 1.82) is 0 Å². The van der Waals surface area contributed by atoms with Gasteiger partial charge in [0.25, 0.3) is 0 Å². The lowest BCUT2D eigenvalue weighted by Crippen LogP contribution is -2.04. The summed E-state index contributed by atoms with van der Waals surface area (Å²) in [6.45, 7) is 0.784. The quantitative estimate of drug-likeness (QED) is 0.807. The number of ether oxygens (including phenoxy) is 1. The van der Waals surface area contributed by atoms with Gasteiger partial charge in [-0.2, -0.15) is 0 Å². The third kappa shape index (κ3) is 3.78. The van der Waals surface area contributed by atoms with Crippen LogP contribution in [-0.2, 0) is 6.54 Å². The first-order chi connectivity index (χ1) is 9.10. The smallest absolute Gasteiger partial charge is 0.141 e. The van der Waals surface area contributed by atoms with Crippen molar-refractivity contribution in [3.63, 3.8) is 0 Å². The minimum absolute atomic E-state index is 0.347. The Kier molecular flexibility index (Phi) is 4.96. The Morgan fingerprint density at radius 3 is 2.53 bits per heavy atom. The molecular formula is C14H12Br2FNO. The fourth-order valence-corrected chi connectivity index (χ4v) is 2.36. The van der Waals surface area contributed by atoms with E-state index in [9.17, 15) is 4.39 Å². The molecule has 0 amide bonds. The number of rotatable bonds is 4. The highest BCUT2D eigenvalue weighted by Crippen LogP contribution is 2.31. The molecule has 0 aliphatic heterocycles. The Hall–Kier alpha value is -0.910. The van der Waals surface area contributed by atoms with Crippen LogP contribution in [0.1, 0.15) is 5.56 Å². The van der Waals surface area contributed by atoms with Gasteiger partial charge in [-0.1, -0.05) is 6.07 Å². The topological polar surface area (TPSA) is 21.3 Å². The van der Waals surface area contributed by atoms with E-state index in [0.717, 1.165) is 16.6 Å². The third-order valence-corrected chi connectivity index (χ3v) is 3.76. The normalized spacial score (nSPS) is 10.5. The number of hydrogen-bond donors (Lipinski definition) is 1. The maximum Gasteiger partial charge on any atom is 0.141 e. The number of hydrogen-bond acceptors (Lipinski definition) is 2. The molecular weight excluding hydrogens is 377 g/mol. The van der Waals surface area contributed by atoms with Crippen LogP contribution in [0.3, 0.4) is 0 Å². The number of nitrogens with one attached hydrogen (secondary N) is 1. The minimum Gasteiger partial charge on any atom is -0.456 e. The molecule has 0 unspecified atom stereocenters. The largest absolute Gasteiger partial charge is 0.456 e.